The van der Waals surface area contributed by atoms with E-state index in [9.17, 15) is 26.4 Å². The molecule has 4 rings (SSSR count). The predicted molar refractivity (Wildman–Crippen MR) is 141 cm³/mol. The Labute approximate surface area is 224 Å². The molecule has 1 fully saturated rings. The zero-order chi connectivity index (χ0) is 28.8. The zero-order valence-corrected chi connectivity index (χ0v) is 23.0. The molecule has 0 aliphatic carbocycles. The van der Waals surface area contributed by atoms with Crippen LogP contribution in [-0.4, -0.2) is 59.9 Å². The molecular formula is C25H31F3N6O4S. The molecule has 3 aromatic rings. The number of aromatic nitrogens is 3. The van der Waals surface area contributed by atoms with Gasteiger partial charge < -0.3 is 20.4 Å². The van der Waals surface area contributed by atoms with Gasteiger partial charge >= 0.3 is 12.3 Å². The van der Waals surface area contributed by atoms with E-state index in [1.807, 2.05) is 0 Å². The summed E-state index contributed by atoms with van der Waals surface area (Å²) < 4.78 is 73.4. The molecule has 0 bridgehead atoms. The number of amides is 1. The van der Waals surface area contributed by atoms with E-state index in [1.165, 1.54) is 32.2 Å². The smallest absolute Gasteiger partial charge is 0.419 e. The highest BCUT2D eigenvalue weighted by Crippen LogP contribution is 2.41. The van der Waals surface area contributed by atoms with E-state index in [0.29, 0.717) is 6.54 Å². The number of fused-ring (bicyclic) bond motifs is 1. The number of anilines is 2. The molecule has 212 valence electrons. The van der Waals surface area contributed by atoms with Crippen molar-refractivity contribution in [3.8, 4) is 11.3 Å². The Morgan fingerprint density at radius 3 is 2.56 bits per heavy atom. The summed E-state index contributed by atoms with van der Waals surface area (Å²) in [5.74, 6) is 0.0258. The standard InChI is InChI=1S/C25H31F3N6O4S/c1-13(2)39(36,37)21-18(33-23(35)38-5)7-6-15-16(11-29-20(15)21)19-17(25(26,27)28)12-30-22(34-19)32-14-8-9-24(3,4)31-10-14/h6-7,11-14,29,31H,8-10H2,1-5H3,(H,33,35)(H,30,32,34)/t14-/m0/s1. The maximum atomic E-state index is 14.1. The van der Waals surface area contributed by atoms with Crippen molar-refractivity contribution >= 4 is 38.5 Å². The van der Waals surface area contributed by atoms with Gasteiger partial charge in [0.15, 0.2) is 9.84 Å². The average molecular weight is 569 g/mol. The van der Waals surface area contributed by atoms with Crippen molar-refractivity contribution in [2.45, 2.75) is 68.4 Å². The Bertz CT molecular complexity index is 1490. The Kier molecular flexibility index (Phi) is 7.56. The van der Waals surface area contributed by atoms with Gasteiger partial charge in [-0.15, -0.1) is 0 Å². The molecular weight excluding hydrogens is 537 g/mol. The minimum atomic E-state index is -4.77. The first kappa shape index (κ1) is 28.6. The lowest BCUT2D eigenvalue weighted by atomic mass is 9.91. The molecule has 14 heteroatoms. The first-order valence-corrected chi connectivity index (χ1v) is 13.9. The van der Waals surface area contributed by atoms with Crippen molar-refractivity contribution < 1.29 is 31.1 Å². The fourth-order valence-corrected chi connectivity index (χ4v) is 5.80. The number of carbonyl (C=O) groups is 1. The van der Waals surface area contributed by atoms with E-state index in [4.69, 9.17) is 0 Å². The molecule has 4 N–H and O–H groups in total. The summed E-state index contributed by atoms with van der Waals surface area (Å²) in [5.41, 5.74) is -1.50. The second kappa shape index (κ2) is 10.3. The van der Waals surface area contributed by atoms with Crippen LogP contribution in [0.25, 0.3) is 22.2 Å². The van der Waals surface area contributed by atoms with Gasteiger partial charge in [0, 0.05) is 41.5 Å². The van der Waals surface area contributed by atoms with Gasteiger partial charge in [-0.1, -0.05) is 0 Å². The number of alkyl halides is 3. The van der Waals surface area contributed by atoms with Gasteiger partial charge in [-0.2, -0.15) is 13.2 Å². The highest BCUT2D eigenvalue weighted by atomic mass is 32.2. The van der Waals surface area contributed by atoms with Crippen LogP contribution in [0.1, 0.15) is 46.1 Å². The summed E-state index contributed by atoms with van der Waals surface area (Å²) in [6.45, 7) is 7.67. The topological polar surface area (TPSA) is 138 Å². The van der Waals surface area contributed by atoms with Crippen molar-refractivity contribution in [1.29, 1.82) is 0 Å². The lowest BCUT2D eigenvalue weighted by Crippen LogP contribution is -2.50. The minimum Gasteiger partial charge on any atom is -0.453 e. The van der Waals surface area contributed by atoms with Gasteiger partial charge in [-0.3, -0.25) is 5.32 Å². The lowest BCUT2D eigenvalue weighted by Gasteiger charge is -2.36. The van der Waals surface area contributed by atoms with Crippen molar-refractivity contribution in [2.75, 3.05) is 24.3 Å². The summed E-state index contributed by atoms with van der Waals surface area (Å²) in [6, 6.07) is 2.66. The fourth-order valence-electron chi connectivity index (χ4n) is 4.45. The molecule has 1 aliphatic rings. The van der Waals surface area contributed by atoms with Crippen LogP contribution in [0.2, 0.25) is 0 Å². The van der Waals surface area contributed by atoms with Gasteiger partial charge in [0.05, 0.1) is 29.3 Å². The number of nitrogens with one attached hydrogen (secondary N) is 4. The van der Waals surface area contributed by atoms with Gasteiger partial charge in [-0.25, -0.2) is 23.2 Å². The molecule has 1 atom stereocenters. The maximum absolute atomic E-state index is 14.1. The Hall–Kier alpha value is -3.39. The summed E-state index contributed by atoms with van der Waals surface area (Å²) in [6.07, 6.45) is -2.03. The van der Waals surface area contributed by atoms with Crippen LogP contribution in [0.15, 0.2) is 29.4 Å². The normalized spacial score (nSPS) is 17.8. The zero-order valence-electron chi connectivity index (χ0n) is 22.2. The van der Waals surface area contributed by atoms with Gasteiger partial charge in [0.1, 0.15) is 10.5 Å². The van der Waals surface area contributed by atoms with Crippen LogP contribution in [0.3, 0.4) is 0 Å². The van der Waals surface area contributed by atoms with E-state index >= 15 is 0 Å². The highest BCUT2D eigenvalue weighted by molar-refractivity contribution is 7.92. The van der Waals surface area contributed by atoms with E-state index in [1.54, 1.807) is 0 Å². The molecule has 0 spiro atoms. The first-order chi connectivity index (χ1) is 18.1. The fraction of sp³-hybridized carbons (Fsp3) is 0.480. The number of benzene rings is 1. The van der Waals surface area contributed by atoms with E-state index in [2.05, 4.69) is 49.5 Å². The lowest BCUT2D eigenvalue weighted by molar-refractivity contribution is -0.137. The molecule has 0 unspecified atom stereocenters. The average Bonchev–Trinajstić information content (AvgIpc) is 3.28. The molecule has 10 nitrogen and oxygen atoms in total. The third-order valence-electron chi connectivity index (χ3n) is 6.76. The third kappa shape index (κ3) is 5.81. The largest absolute Gasteiger partial charge is 0.453 e. The predicted octanol–water partition coefficient (Wildman–Crippen LogP) is 4.95. The maximum Gasteiger partial charge on any atom is 0.419 e. The molecule has 0 saturated carbocycles. The quantitative estimate of drug-likeness (QED) is 0.328. The summed E-state index contributed by atoms with van der Waals surface area (Å²) in [7, 11) is -2.88. The van der Waals surface area contributed by atoms with E-state index in [0.717, 1.165) is 26.1 Å². The van der Waals surface area contributed by atoms with Crippen molar-refractivity contribution in [3.05, 3.63) is 30.1 Å². The van der Waals surface area contributed by atoms with Gasteiger partial charge in [-0.05, 0) is 52.7 Å². The summed E-state index contributed by atoms with van der Waals surface area (Å²) >= 11 is 0. The highest BCUT2D eigenvalue weighted by Gasteiger charge is 2.37. The number of rotatable bonds is 6. The number of carbonyl (C=O) groups excluding carboxylic acids is 1. The summed E-state index contributed by atoms with van der Waals surface area (Å²) in [4.78, 5) is 22.6. The monoisotopic (exact) mass is 568 g/mol. The number of halogens is 3. The SMILES string of the molecule is COC(=O)Nc1ccc2c(-c3nc(N[C@H]4CCC(C)(C)NC4)ncc3C(F)(F)F)c[nH]c2c1S(=O)(=O)C(C)C. The van der Waals surface area contributed by atoms with Crippen LogP contribution < -0.4 is 16.0 Å². The molecule has 3 heterocycles. The molecule has 1 saturated heterocycles. The van der Waals surface area contributed by atoms with Crippen LogP contribution in [-0.2, 0) is 20.8 Å². The Morgan fingerprint density at radius 2 is 1.97 bits per heavy atom. The van der Waals surface area contributed by atoms with Crippen LogP contribution in [0.5, 0.6) is 0 Å². The van der Waals surface area contributed by atoms with Crippen LogP contribution >= 0.6 is 0 Å². The minimum absolute atomic E-state index is 0.0258. The van der Waals surface area contributed by atoms with Gasteiger partial charge in [0.25, 0.3) is 0 Å². The van der Waals surface area contributed by atoms with Gasteiger partial charge in [0.2, 0.25) is 5.95 Å². The molecule has 1 aliphatic heterocycles. The molecule has 2 aromatic heterocycles. The number of H-pyrrole nitrogens is 1. The van der Waals surface area contributed by atoms with Crippen molar-refractivity contribution in [1.82, 2.24) is 20.3 Å². The van der Waals surface area contributed by atoms with Crippen molar-refractivity contribution in [2.24, 2.45) is 0 Å². The third-order valence-corrected chi connectivity index (χ3v) is 9.00. The number of piperidine rings is 1. The van der Waals surface area contributed by atoms with Crippen LogP contribution in [0.4, 0.5) is 29.6 Å². The second-order valence-electron chi connectivity index (χ2n) is 10.4. The molecule has 1 amide bonds. The summed E-state index contributed by atoms with van der Waals surface area (Å²) in [5, 5.41) is 8.17. The van der Waals surface area contributed by atoms with Crippen molar-refractivity contribution in [3.63, 3.8) is 0 Å². The number of nitrogens with zero attached hydrogens (tertiary/aromatic N) is 2. The van der Waals surface area contributed by atoms with Crippen LogP contribution in [0, 0.1) is 0 Å². The number of ether oxygens (including phenoxy) is 1. The van der Waals surface area contributed by atoms with E-state index in [-0.39, 0.29) is 44.6 Å². The molecule has 1 aromatic carbocycles. The molecule has 0 radical (unpaired) electrons. The molecule has 39 heavy (non-hydrogen) atoms. The number of sulfone groups is 1. The number of aromatic amines is 1. The first-order valence-electron chi connectivity index (χ1n) is 12.3. The number of hydrogen-bond donors (Lipinski definition) is 4. The Balaban J connectivity index is 1.86. The Morgan fingerprint density at radius 1 is 1.26 bits per heavy atom. The van der Waals surface area contributed by atoms with E-state index < -0.39 is 38.6 Å². The second-order valence-corrected chi connectivity index (χ2v) is 12.8. The number of hydrogen-bond acceptors (Lipinski definition) is 8. The number of methoxy groups -OCH3 is 1.